The molecule has 2 heterocycles. The molecule has 0 unspecified atom stereocenters. The summed E-state index contributed by atoms with van der Waals surface area (Å²) in [6.07, 6.45) is 0. The van der Waals surface area contributed by atoms with E-state index in [-0.39, 0.29) is 5.91 Å². The molecule has 0 spiro atoms. The summed E-state index contributed by atoms with van der Waals surface area (Å²) >= 11 is 0. The Hall–Kier alpha value is -2.23. The molecule has 0 fully saturated rings. The van der Waals surface area contributed by atoms with E-state index in [4.69, 9.17) is 4.42 Å². The van der Waals surface area contributed by atoms with Gasteiger partial charge in [-0.3, -0.25) is 4.79 Å². The zero-order chi connectivity index (χ0) is 15.0. The van der Waals surface area contributed by atoms with Crippen LogP contribution in [0.15, 0.2) is 34.7 Å². The molecule has 110 valence electrons. The highest BCUT2D eigenvalue weighted by Gasteiger charge is 2.28. The van der Waals surface area contributed by atoms with Crippen LogP contribution in [0.3, 0.4) is 0 Å². The molecule has 3 rings (SSSR count). The number of fused-ring (bicyclic) bond motifs is 1. The van der Waals surface area contributed by atoms with Gasteiger partial charge in [-0.1, -0.05) is 12.1 Å². The number of carbonyl (C=O) groups is 1. The number of aryl methyl sites for hydroxylation is 2. The van der Waals surface area contributed by atoms with E-state index in [0.717, 1.165) is 30.2 Å². The van der Waals surface area contributed by atoms with Crippen LogP contribution in [0.1, 0.15) is 28.8 Å². The van der Waals surface area contributed by atoms with Gasteiger partial charge in [0.1, 0.15) is 11.5 Å². The molecule has 21 heavy (non-hydrogen) atoms. The fourth-order valence-electron chi connectivity index (χ4n) is 2.95. The van der Waals surface area contributed by atoms with Crippen LogP contribution in [0.2, 0.25) is 0 Å². The van der Waals surface area contributed by atoms with Gasteiger partial charge in [-0.2, -0.15) is 0 Å². The van der Waals surface area contributed by atoms with Crippen LogP contribution < -0.4 is 9.80 Å². The molecule has 1 aliphatic heterocycles. The molecule has 4 nitrogen and oxygen atoms in total. The Bertz CT molecular complexity index is 675. The van der Waals surface area contributed by atoms with Crippen LogP contribution in [-0.2, 0) is 0 Å². The van der Waals surface area contributed by atoms with Crippen molar-refractivity contribution in [3.63, 3.8) is 0 Å². The van der Waals surface area contributed by atoms with Gasteiger partial charge in [-0.25, -0.2) is 0 Å². The zero-order valence-corrected chi connectivity index (χ0v) is 12.7. The van der Waals surface area contributed by atoms with Gasteiger partial charge >= 0.3 is 0 Å². The molecule has 1 aromatic heterocycles. The Labute approximate surface area is 125 Å². The highest BCUT2D eigenvalue weighted by molar-refractivity contribution is 6.09. The number of likely N-dealkylation sites (N-methyl/N-ethyl adjacent to an activating group) is 1. The van der Waals surface area contributed by atoms with Gasteiger partial charge in [0.05, 0.1) is 16.9 Å². The molecule has 2 aromatic rings. The van der Waals surface area contributed by atoms with Crippen LogP contribution >= 0.6 is 0 Å². The van der Waals surface area contributed by atoms with Crippen molar-refractivity contribution in [1.29, 1.82) is 0 Å². The summed E-state index contributed by atoms with van der Waals surface area (Å²) in [4.78, 5) is 17.0. The monoisotopic (exact) mass is 284 g/mol. The predicted molar refractivity (Wildman–Crippen MR) is 84.2 cm³/mol. The van der Waals surface area contributed by atoms with Crippen LogP contribution in [0.4, 0.5) is 11.4 Å². The average Bonchev–Trinajstić information content (AvgIpc) is 2.84. The van der Waals surface area contributed by atoms with Crippen molar-refractivity contribution >= 4 is 17.3 Å². The van der Waals surface area contributed by atoms with Crippen molar-refractivity contribution in [1.82, 2.24) is 0 Å². The van der Waals surface area contributed by atoms with Crippen molar-refractivity contribution in [3.8, 4) is 0 Å². The maximum atomic E-state index is 12.8. The number of amides is 1. The highest BCUT2D eigenvalue weighted by atomic mass is 16.3. The molecule has 1 amide bonds. The zero-order valence-electron chi connectivity index (χ0n) is 12.7. The summed E-state index contributed by atoms with van der Waals surface area (Å²) in [6, 6.07) is 9.91. The van der Waals surface area contributed by atoms with Crippen LogP contribution in [0.5, 0.6) is 0 Å². The van der Waals surface area contributed by atoms with Crippen LogP contribution in [0.25, 0.3) is 0 Å². The Morgan fingerprint density at radius 2 is 1.90 bits per heavy atom. The van der Waals surface area contributed by atoms with E-state index in [9.17, 15) is 4.79 Å². The average molecular weight is 284 g/mol. The summed E-state index contributed by atoms with van der Waals surface area (Å²) in [5.41, 5.74) is 2.76. The number of anilines is 2. The third-order valence-electron chi connectivity index (χ3n) is 4.00. The normalized spacial score (nSPS) is 14.2. The van der Waals surface area contributed by atoms with Gasteiger partial charge in [0.25, 0.3) is 5.91 Å². The SMILES string of the molecule is CCN1CCN(C(=O)c2cc(C)oc2C)c2ccccc21. The topological polar surface area (TPSA) is 36.7 Å². The number of furan rings is 1. The molecule has 0 aliphatic carbocycles. The number of hydrogen-bond donors (Lipinski definition) is 0. The Morgan fingerprint density at radius 3 is 2.52 bits per heavy atom. The van der Waals surface area contributed by atoms with Crippen molar-refractivity contribution in [2.45, 2.75) is 20.8 Å². The quantitative estimate of drug-likeness (QED) is 0.848. The minimum absolute atomic E-state index is 0.0209. The first-order chi connectivity index (χ1) is 10.1. The maximum Gasteiger partial charge on any atom is 0.261 e. The van der Waals surface area contributed by atoms with Crippen molar-refractivity contribution < 1.29 is 9.21 Å². The van der Waals surface area contributed by atoms with Crippen molar-refractivity contribution in [2.75, 3.05) is 29.4 Å². The van der Waals surface area contributed by atoms with Gasteiger partial charge in [0, 0.05) is 19.6 Å². The van der Waals surface area contributed by atoms with E-state index in [1.54, 1.807) is 0 Å². The number of carbonyl (C=O) groups excluding carboxylic acids is 1. The fraction of sp³-hybridized carbons (Fsp3) is 0.353. The highest BCUT2D eigenvalue weighted by Crippen LogP contribution is 2.34. The van der Waals surface area contributed by atoms with Crippen LogP contribution in [-0.4, -0.2) is 25.5 Å². The summed E-state index contributed by atoms with van der Waals surface area (Å²) < 4.78 is 5.50. The molecular formula is C17H20N2O2. The van der Waals surface area contributed by atoms with E-state index in [1.807, 2.05) is 43.0 Å². The molecule has 1 aliphatic rings. The van der Waals surface area contributed by atoms with Gasteiger partial charge < -0.3 is 14.2 Å². The maximum absolute atomic E-state index is 12.8. The van der Waals surface area contributed by atoms with Crippen LogP contribution in [0, 0.1) is 13.8 Å². The molecule has 0 N–H and O–H groups in total. The third-order valence-corrected chi connectivity index (χ3v) is 4.00. The standard InChI is InChI=1S/C17H20N2O2/c1-4-18-9-10-19(16-8-6-5-7-15(16)18)17(20)14-11-12(2)21-13(14)3/h5-8,11H,4,9-10H2,1-3H3. The van der Waals surface area contributed by atoms with E-state index >= 15 is 0 Å². The number of benzene rings is 1. The molecule has 0 saturated heterocycles. The number of hydrogen-bond acceptors (Lipinski definition) is 3. The molecule has 0 radical (unpaired) electrons. The van der Waals surface area contributed by atoms with E-state index in [0.29, 0.717) is 17.9 Å². The Kier molecular flexibility index (Phi) is 3.45. The summed E-state index contributed by atoms with van der Waals surface area (Å²) in [5.74, 6) is 1.48. The first-order valence-electron chi connectivity index (χ1n) is 7.34. The second-order valence-corrected chi connectivity index (χ2v) is 5.35. The minimum Gasteiger partial charge on any atom is -0.466 e. The second-order valence-electron chi connectivity index (χ2n) is 5.35. The van der Waals surface area contributed by atoms with Crippen molar-refractivity contribution in [2.24, 2.45) is 0 Å². The lowest BCUT2D eigenvalue weighted by molar-refractivity contribution is 0.0985. The van der Waals surface area contributed by atoms with E-state index in [2.05, 4.69) is 17.9 Å². The third kappa shape index (κ3) is 2.31. The number of rotatable bonds is 2. The van der Waals surface area contributed by atoms with E-state index in [1.165, 1.54) is 0 Å². The molecule has 0 bridgehead atoms. The molecule has 0 atom stereocenters. The lowest BCUT2D eigenvalue weighted by Crippen LogP contribution is -2.44. The second kappa shape index (κ2) is 5.28. The lowest BCUT2D eigenvalue weighted by atomic mass is 10.1. The van der Waals surface area contributed by atoms with Crippen molar-refractivity contribution in [3.05, 3.63) is 47.4 Å². The summed E-state index contributed by atoms with van der Waals surface area (Å²) in [5, 5.41) is 0. The van der Waals surface area contributed by atoms with E-state index < -0.39 is 0 Å². The predicted octanol–water partition coefficient (Wildman–Crippen LogP) is 3.38. The number of nitrogens with zero attached hydrogens (tertiary/aromatic N) is 2. The molecular weight excluding hydrogens is 264 g/mol. The van der Waals surface area contributed by atoms with Gasteiger partial charge in [0.15, 0.2) is 0 Å². The molecule has 4 heteroatoms. The fourth-order valence-corrected chi connectivity index (χ4v) is 2.95. The Morgan fingerprint density at radius 1 is 1.19 bits per heavy atom. The summed E-state index contributed by atoms with van der Waals surface area (Å²) in [7, 11) is 0. The largest absolute Gasteiger partial charge is 0.466 e. The van der Waals surface area contributed by atoms with Gasteiger partial charge in [0.2, 0.25) is 0 Å². The smallest absolute Gasteiger partial charge is 0.261 e. The first-order valence-corrected chi connectivity index (χ1v) is 7.34. The Balaban J connectivity index is 2.00. The summed E-state index contributed by atoms with van der Waals surface area (Å²) in [6.45, 7) is 8.35. The first kappa shape index (κ1) is 13.7. The minimum atomic E-state index is 0.0209. The van der Waals surface area contributed by atoms with Gasteiger partial charge in [-0.05, 0) is 39.0 Å². The lowest BCUT2D eigenvalue weighted by Gasteiger charge is -2.37. The molecule has 0 saturated carbocycles. The van der Waals surface area contributed by atoms with Gasteiger partial charge in [-0.15, -0.1) is 0 Å². The molecule has 1 aromatic carbocycles. The number of para-hydroxylation sites is 2.